The van der Waals surface area contributed by atoms with Crippen molar-refractivity contribution in [2.75, 3.05) is 26.1 Å². The summed E-state index contributed by atoms with van der Waals surface area (Å²) in [6.07, 6.45) is 0.299. The van der Waals surface area contributed by atoms with Gasteiger partial charge in [0.25, 0.3) is 0 Å². The Morgan fingerprint density at radius 1 is 1.00 bits per heavy atom. The summed E-state index contributed by atoms with van der Waals surface area (Å²) in [5.41, 5.74) is 3.00. The van der Waals surface area contributed by atoms with Crippen LogP contribution in [0.4, 0.5) is 5.13 Å². The van der Waals surface area contributed by atoms with E-state index in [4.69, 9.17) is 14.2 Å². The van der Waals surface area contributed by atoms with Crippen molar-refractivity contribution in [2.45, 2.75) is 24.9 Å². The molecule has 0 saturated carbocycles. The molecule has 0 aliphatic heterocycles. The third kappa shape index (κ3) is 7.18. The molecule has 3 aromatic rings. The lowest BCUT2D eigenvalue weighted by atomic mass is 10.1. The molecule has 0 radical (unpaired) electrons. The molecule has 1 N–H and O–H groups in total. The third-order valence-corrected chi connectivity index (χ3v) is 6.17. The first kappa shape index (κ1) is 23.0. The van der Waals surface area contributed by atoms with Crippen LogP contribution < -0.4 is 19.5 Å². The maximum Gasteiger partial charge on any atom is 0.230 e. The molecular weight excluding hydrogens is 432 g/mol. The summed E-state index contributed by atoms with van der Waals surface area (Å²) in [5.74, 6) is 3.85. The molecule has 31 heavy (non-hydrogen) atoms. The van der Waals surface area contributed by atoms with Crippen LogP contribution >= 0.6 is 23.1 Å². The van der Waals surface area contributed by atoms with Gasteiger partial charge in [-0.05, 0) is 42.3 Å². The summed E-state index contributed by atoms with van der Waals surface area (Å²) in [7, 11) is 3.29. The number of hydrogen-bond donors (Lipinski definition) is 1. The Labute approximate surface area is 191 Å². The number of ether oxygens (including phenoxy) is 3. The first-order valence-electron chi connectivity index (χ1n) is 9.85. The van der Waals surface area contributed by atoms with Gasteiger partial charge in [0.15, 0.2) is 5.13 Å². The molecule has 2 aromatic carbocycles. The molecule has 3 rings (SSSR count). The summed E-state index contributed by atoms with van der Waals surface area (Å²) in [6, 6.07) is 13.4. The molecule has 0 fully saturated rings. The van der Waals surface area contributed by atoms with E-state index in [0.717, 1.165) is 45.6 Å². The number of thiazole rings is 1. The van der Waals surface area contributed by atoms with E-state index < -0.39 is 0 Å². The minimum Gasteiger partial charge on any atom is -0.497 e. The van der Waals surface area contributed by atoms with Crippen molar-refractivity contribution in [1.82, 2.24) is 4.98 Å². The second-order valence-electron chi connectivity index (χ2n) is 6.66. The van der Waals surface area contributed by atoms with Gasteiger partial charge >= 0.3 is 0 Å². The van der Waals surface area contributed by atoms with Crippen LogP contribution in [0.3, 0.4) is 0 Å². The maximum absolute atomic E-state index is 12.3. The van der Waals surface area contributed by atoms with Crippen molar-refractivity contribution >= 4 is 34.1 Å². The van der Waals surface area contributed by atoms with Crippen LogP contribution in [0, 0.1) is 0 Å². The van der Waals surface area contributed by atoms with Gasteiger partial charge in [-0.15, -0.1) is 11.3 Å². The monoisotopic (exact) mass is 458 g/mol. The third-order valence-electron chi connectivity index (χ3n) is 4.33. The number of benzene rings is 2. The summed E-state index contributed by atoms with van der Waals surface area (Å²) in [4.78, 5) is 16.8. The smallest absolute Gasteiger partial charge is 0.230 e. The van der Waals surface area contributed by atoms with Crippen LogP contribution in [0.15, 0.2) is 47.8 Å². The van der Waals surface area contributed by atoms with Crippen LogP contribution in [-0.2, 0) is 22.7 Å². The molecule has 0 aliphatic rings. The molecule has 1 aromatic heterocycles. The number of rotatable bonds is 11. The lowest BCUT2D eigenvalue weighted by Crippen LogP contribution is -2.14. The Hall–Kier alpha value is -2.71. The van der Waals surface area contributed by atoms with Crippen LogP contribution in [0.1, 0.15) is 23.7 Å². The fourth-order valence-electron chi connectivity index (χ4n) is 2.87. The molecule has 1 heterocycles. The van der Waals surface area contributed by atoms with Gasteiger partial charge in [0.2, 0.25) is 5.91 Å². The van der Waals surface area contributed by atoms with Crippen molar-refractivity contribution in [1.29, 1.82) is 0 Å². The molecule has 8 heteroatoms. The first-order valence-corrected chi connectivity index (χ1v) is 11.9. The molecule has 1 amide bonds. The van der Waals surface area contributed by atoms with Crippen LogP contribution in [-0.4, -0.2) is 31.7 Å². The SMILES string of the molecule is CCOc1ccc(CC(=O)Nc2nc(CSCc3cc(OC)cc(OC)c3)cs2)cc1. The Morgan fingerprint density at radius 2 is 1.71 bits per heavy atom. The van der Waals surface area contributed by atoms with E-state index in [1.54, 1.807) is 26.0 Å². The summed E-state index contributed by atoms with van der Waals surface area (Å²) >= 11 is 3.19. The Morgan fingerprint density at radius 3 is 2.35 bits per heavy atom. The second-order valence-corrected chi connectivity index (χ2v) is 8.50. The molecule has 0 spiro atoms. The van der Waals surface area contributed by atoms with Crippen molar-refractivity contribution in [2.24, 2.45) is 0 Å². The summed E-state index contributed by atoms with van der Waals surface area (Å²) in [6.45, 7) is 2.57. The van der Waals surface area contributed by atoms with Crippen molar-refractivity contribution in [3.05, 3.63) is 64.7 Å². The fraction of sp³-hybridized carbons (Fsp3) is 0.304. The largest absolute Gasteiger partial charge is 0.497 e. The summed E-state index contributed by atoms with van der Waals surface area (Å²) in [5, 5.41) is 5.48. The highest BCUT2D eigenvalue weighted by atomic mass is 32.2. The molecule has 0 unspecified atom stereocenters. The van der Waals surface area contributed by atoms with Gasteiger partial charge in [-0.25, -0.2) is 4.98 Å². The number of nitrogens with zero attached hydrogens (tertiary/aromatic N) is 1. The molecule has 0 bridgehead atoms. The number of thioether (sulfide) groups is 1. The van der Waals surface area contributed by atoms with Crippen molar-refractivity contribution < 1.29 is 19.0 Å². The quantitative estimate of drug-likeness (QED) is 0.427. The van der Waals surface area contributed by atoms with Crippen molar-refractivity contribution in [3.8, 4) is 17.2 Å². The van der Waals surface area contributed by atoms with E-state index in [2.05, 4.69) is 10.3 Å². The average molecular weight is 459 g/mol. The number of hydrogen-bond acceptors (Lipinski definition) is 7. The van der Waals surface area contributed by atoms with Crippen LogP contribution in [0.2, 0.25) is 0 Å². The van der Waals surface area contributed by atoms with E-state index in [1.807, 2.05) is 54.8 Å². The first-order chi connectivity index (χ1) is 15.1. The van der Waals surface area contributed by atoms with Gasteiger partial charge in [-0.2, -0.15) is 11.8 Å². The zero-order chi connectivity index (χ0) is 22.1. The van der Waals surface area contributed by atoms with E-state index in [9.17, 15) is 4.79 Å². The molecule has 0 saturated heterocycles. The highest BCUT2D eigenvalue weighted by Crippen LogP contribution is 2.27. The second kappa shape index (κ2) is 11.6. The minimum absolute atomic E-state index is 0.0822. The predicted molar refractivity (Wildman–Crippen MR) is 127 cm³/mol. The van der Waals surface area contributed by atoms with E-state index in [0.29, 0.717) is 18.2 Å². The number of amides is 1. The van der Waals surface area contributed by atoms with E-state index >= 15 is 0 Å². The topological polar surface area (TPSA) is 69.7 Å². The molecular formula is C23H26N2O4S2. The number of carbonyl (C=O) groups excluding carboxylic acids is 1. The maximum atomic E-state index is 12.3. The number of nitrogens with one attached hydrogen (secondary N) is 1. The highest BCUT2D eigenvalue weighted by Gasteiger charge is 2.09. The normalized spacial score (nSPS) is 10.5. The Bertz CT molecular complexity index is 967. The highest BCUT2D eigenvalue weighted by molar-refractivity contribution is 7.97. The van der Waals surface area contributed by atoms with Crippen LogP contribution in [0.25, 0.3) is 0 Å². The van der Waals surface area contributed by atoms with E-state index in [1.165, 1.54) is 11.3 Å². The minimum atomic E-state index is -0.0822. The Balaban J connectivity index is 1.47. The number of carbonyl (C=O) groups is 1. The number of methoxy groups -OCH3 is 2. The van der Waals surface area contributed by atoms with Gasteiger partial charge in [-0.3, -0.25) is 4.79 Å². The zero-order valence-electron chi connectivity index (χ0n) is 17.8. The lowest BCUT2D eigenvalue weighted by Gasteiger charge is -2.08. The molecule has 164 valence electrons. The standard InChI is InChI=1S/C23H26N2O4S2/c1-4-29-19-7-5-16(6-8-19)11-22(26)25-23-24-18(15-31-23)14-30-13-17-9-20(27-2)12-21(10-17)28-3/h5-10,12,15H,4,11,13-14H2,1-3H3,(H,24,25,26). The van der Waals surface area contributed by atoms with Gasteiger partial charge in [0.1, 0.15) is 17.2 Å². The predicted octanol–water partition coefficient (Wildman–Crippen LogP) is 5.17. The van der Waals surface area contributed by atoms with Gasteiger partial charge < -0.3 is 19.5 Å². The molecule has 0 atom stereocenters. The molecule has 0 aliphatic carbocycles. The fourth-order valence-corrected chi connectivity index (χ4v) is 4.57. The number of aromatic nitrogens is 1. The molecule has 6 nitrogen and oxygen atoms in total. The Kier molecular flexibility index (Phi) is 8.61. The average Bonchev–Trinajstić information content (AvgIpc) is 3.22. The van der Waals surface area contributed by atoms with Crippen LogP contribution in [0.5, 0.6) is 17.2 Å². The summed E-state index contributed by atoms with van der Waals surface area (Å²) < 4.78 is 16.1. The lowest BCUT2D eigenvalue weighted by molar-refractivity contribution is -0.115. The zero-order valence-corrected chi connectivity index (χ0v) is 19.5. The van der Waals surface area contributed by atoms with Gasteiger partial charge in [0, 0.05) is 23.0 Å². The van der Waals surface area contributed by atoms with Crippen molar-refractivity contribution in [3.63, 3.8) is 0 Å². The van der Waals surface area contributed by atoms with E-state index in [-0.39, 0.29) is 5.91 Å². The number of anilines is 1. The van der Waals surface area contributed by atoms with Gasteiger partial charge in [-0.1, -0.05) is 12.1 Å². The van der Waals surface area contributed by atoms with Gasteiger partial charge in [0.05, 0.1) is 32.9 Å².